The molecule has 0 heterocycles. The van der Waals surface area contributed by atoms with E-state index in [0.717, 1.165) is 0 Å². The van der Waals surface area contributed by atoms with Crippen LogP contribution in [0, 0.1) is 0 Å². The molecule has 2 aromatic rings. The molecule has 2 aromatic carbocycles. The number of rotatable bonds is 6. The average Bonchev–Trinajstić information content (AvgIpc) is 2.53. The largest absolute Gasteiger partial charge is 0.307 e. The van der Waals surface area contributed by atoms with Crippen molar-refractivity contribution in [3.05, 3.63) is 60.2 Å². The summed E-state index contributed by atoms with van der Waals surface area (Å²) in [5.41, 5.74) is 3.92. The maximum atomic E-state index is 3.69. The van der Waals surface area contributed by atoms with Crippen molar-refractivity contribution in [1.82, 2.24) is 5.32 Å². The molecule has 0 bridgehead atoms. The van der Waals surface area contributed by atoms with Crippen molar-refractivity contribution in [3.63, 3.8) is 0 Å². The van der Waals surface area contributed by atoms with Crippen LogP contribution in [0.3, 0.4) is 0 Å². The molecule has 1 atom stereocenters. The van der Waals surface area contributed by atoms with Crippen molar-refractivity contribution in [3.8, 4) is 11.1 Å². The minimum atomic E-state index is 0.407. The summed E-state index contributed by atoms with van der Waals surface area (Å²) in [6, 6.07) is 20.5. The molecular formula is C19H25N. The van der Waals surface area contributed by atoms with Crippen LogP contribution >= 0.6 is 0 Å². The minimum absolute atomic E-state index is 0.407. The highest BCUT2D eigenvalue weighted by atomic mass is 14.9. The van der Waals surface area contributed by atoms with E-state index < -0.39 is 0 Å². The average molecular weight is 267 g/mol. The third-order valence-electron chi connectivity index (χ3n) is 3.99. The van der Waals surface area contributed by atoms with Gasteiger partial charge in [-0.3, -0.25) is 0 Å². The Labute approximate surface area is 123 Å². The lowest BCUT2D eigenvalue weighted by atomic mass is 10.0. The molecular weight excluding hydrogens is 242 g/mol. The first-order chi connectivity index (χ1) is 9.74. The normalized spacial score (nSPS) is 12.6. The third-order valence-corrected chi connectivity index (χ3v) is 3.99. The molecule has 0 amide bonds. The SMILES string of the molecule is CCC(CC)NC(C)c1ccc(-c2ccccc2)cc1. The fraction of sp³-hybridized carbons (Fsp3) is 0.368. The zero-order chi connectivity index (χ0) is 14.4. The lowest BCUT2D eigenvalue weighted by Gasteiger charge is -2.21. The fourth-order valence-electron chi connectivity index (χ4n) is 2.57. The molecule has 0 saturated heterocycles. The number of nitrogens with one attached hydrogen (secondary N) is 1. The summed E-state index contributed by atoms with van der Waals surface area (Å²) >= 11 is 0. The maximum absolute atomic E-state index is 3.69. The van der Waals surface area contributed by atoms with Gasteiger partial charge in [0.1, 0.15) is 0 Å². The highest BCUT2D eigenvalue weighted by Gasteiger charge is 2.10. The summed E-state index contributed by atoms with van der Waals surface area (Å²) in [5.74, 6) is 0. The van der Waals surface area contributed by atoms with E-state index >= 15 is 0 Å². The summed E-state index contributed by atoms with van der Waals surface area (Å²) in [7, 11) is 0. The summed E-state index contributed by atoms with van der Waals surface area (Å²) in [5, 5.41) is 3.69. The van der Waals surface area contributed by atoms with Gasteiger partial charge in [0.25, 0.3) is 0 Å². The van der Waals surface area contributed by atoms with E-state index in [1.807, 2.05) is 0 Å². The van der Waals surface area contributed by atoms with Crippen LogP contribution in [0.15, 0.2) is 54.6 Å². The molecule has 2 rings (SSSR count). The second-order valence-corrected chi connectivity index (χ2v) is 5.39. The molecule has 106 valence electrons. The molecule has 0 aliphatic heterocycles. The number of benzene rings is 2. The van der Waals surface area contributed by atoms with Crippen molar-refractivity contribution < 1.29 is 0 Å². The molecule has 0 aromatic heterocycles. The first-order valence-electron chi connectivity index (χ1n) is 7.66. The van der Waals surface area contributed by atoms with Gasteiger partial charge in [-0.05, 0) is 36.5 Å². The van der Waals surface area contributed by atoms with Crippen LogP contribution in [-0.2, 0) is 0 Å². The smallest absolute Gasteiger partial charge is 0.0294 e. The molecule has 0 fully saturated rings. The van der Waals surface area contributed by atoms with Crippen LogP contribution in [0.25, 0.3) is 11.1 Å². The van der Waals surface area contributed by atoms with Gasteiger partial charge in [0, 0.05) is 12.1 Å². The van der Waals surface area contributed by atoms with Gasteiger partial charge in [-0.1, -0.05) is 68.4 Å². The van der Waals surface area contributed by atoms with Gasteiger partial charge in [-0.15, -0.1) is 0 Å². The molecule has 1 unspecified atom stereocenters. The molecule has 0 aliphatic rings. The standard InChI is InChI=1S/C19H25N/c1-4-19(5-2)20-15(3)16-11-13-18(14-12-16)17-9-7-6-8-10-17/h6-15,19-20H,4-5H2,1-3H3. The van der Waals surface area contributed by atoms with Gasteiger partial charge in [-0.25, -0.2) is 0 Å². The van der Waals surface area contributed by atoms with Crippen LogP contribution < -0.4 is 5.32 Å². The molecule has 0 saturated carbocycles. The van der Waals surface area contributed by atoms with E-state index in [1.54, 1.807) is 0 Å². The Bertz CT molecular complexity index is 497. The minimum Gasteiger partial charge on any atom is -0.307 e. The van der Waals surface area contributed by atoms with Crippen molar-refractivity contribution in [2.45, 2.75) is 45.7 Å². The van der Waals surface area contributed by atoms with Gasteiger partial charge in [0.2, 0.25) is 0 Å². The van der Waals surface area contributed by atoms with Gasteiger partial charge in [0.05, 0.1) is 0 Å². The van der Waals surface area contributed by atoms with Crippen LogP contribution in [0.4, 0.5) is 0 Å². The predicted octanol–water partition coefficient (Wildman–Crippen LogP) is 5.19. The highest BCUT2D eigenvalue weighted by Crippen LogP contribution is 2.22. The lowest BCUT2D eigenvalue weighted by molar-refractivity contribution is 0.432. The van der Waals surface area contributed by atoms with Gasteiger partial charge >= 0.3 is 0 Å². The van der Waals surface area contributed by atoms with Gasteiger partial charge < -0.3 is 5.32 Å². The fourth-order valence-corrected chi connectivity index (χ4v) is 2.57. The molecule has 1 N–H and O–H groups in total. The number of hydrogen-bond donors (Lipinski definition) is 1. The summed E-state index contributed by atoms with van der Waals surface area (Å²) in [6.45, 7) is 6.73. The lowest BCUT2D eigenvalue weighted by Crippen LogP contribution is -2.30. The zero-order valence-electron chi connectivity index (χ0n) is 12.8. The quantitative estimate of drug-likeness (QED) is 0.759. The van der Waals surface area contributed by atoms with Crippen LogP contribution in [0.5, 0.6) is 0 Å². The molecule has 20 heavy (non-hydrogen) atoms. The predicted molar refractivity (Wildman–Crippen MR) is 87.8 cm³/mol. The number of hydrogen-bond acceptors (Lipinski definition) is 1. The maximum Gasteiger partial charge on any atom is 0.0294 e. The van der Waals surface area contributed by atoms with Crippen molar-refractivity contribution in [1.29, 1.82) is 0 Å². The second kappa shape index (κ2) is 7.25. The Morgan fingerprint density at radius 1 is 0.800 bits per heavy atom. The Hall–Kier alpha value is -1.60. The first-order valence-corrected chi connectivity index (χ1v) is 7.66. The summed E-state index contributed by atoms with van der Waals surface area (Å²) in [4.78, 5) is 0. The van der Waals surface area contributed by atoms with Crippen LogP contribution in [0.1, 0.15) is 45.2 Å². The Morgan fingerprint density at radius 2 is 1.35 bits per heavy atom. The highest BCUT2D eigenvalue weighted by molar-refractivity contribution is 5.63. The van der Waals surface area contributed by atoms with Crippen molar-refractivity contribution in [2.24, 2.45) is 0 Å². The monoisotopic (exact) mass is 267 g/mol. The Kier molecular flexibility index (Phi) is 5.37. The van der Waals surface area contributed by atoms with E-state index in [-0.39, 0.29) is 0 Å². The van der Waals surface area contributed by atoms with Crippen molar-refractivity contribution in [2.75, 3.05) is 0 Å². The zero-order valence-corrected chi connectivity index (χ0v) is 12.8. The second-order valence-electron chi connectivity index (χ2n) is 5.39. The Morgan fingerprint density at radius 3 is 1.90 bits per heavy atom. The Balaban J connectivity index is 2.08. The summed E-state index contributed by atoms with van der Waals surface area (Å²) < 4.78 is 0. The van der Waals surface area contributed by atoms with Crippen LogP contribution in [0.2, 0.25) is 0 Å². The van der Waals surface area contributed by atoms with E-state index in [4.69, 9.17) is 0 Å². The first kappa shape index (κ1) is 14.8. The summed E-state index contributed by atoms with van der Waals surface area (Å²) in [6.07, 6.45) is 2.37. The molecule has 0 spiro atoms. The molecule has 1 heteroatoms. The molecule has 1 nitrogen and oxygen atoms in total. The van der Waals surface area contributed by atoms with Gasteiger partial charge in [-0.2, -0.15) is 0 Å². The molecule has 0 aliphatic carbocycles. The van der Waals surface area contributed by atoms with E-state index in [9.17, 15) is 0 Å². The van der Waals surface area contributed by atoms with Crippen molar-refractivity contribution >= 4 is 0 Å². The van der Waals surface area contributed by atoms with E-state index in [1.165, 1.54) is 29.5 Å². The third kappa shape index (κ3) is 3.71. The van der Waals surface area contributed by atoms with E-state index in [0.29, 0.717) is 12.1 Å². The van der Waals surface area contributed by atoms with Crippen LogP contribution in [-0.4, -0.2) is 6.04 Å². The molecule has 0 radical (unpaired) electrons. The van der Waals surface area contributed by atoms with Gasteiger partial charge in [0.15, 0.2) is 0 Å². The van der Waals surface area contributed by atoms with E-state index in [2.05, 4.69) is 80.7 Å². The topological polar surface area (TPSA) is 12.0 Å².